The van der Waals surface area contributed by atoms with Crippen LogP contribution in [0.3, 0.4) is 0 Å². The van der Waals surface area contributed by atoms with Gasteiger partial charge >= 0.3 is 5.69 Å². The second kappa shape index (κ2) is 8.44. The van der Waals surface area contributed by atoms with E-state index in [0.717, 1.165) is 12.8 Å². The summed E-state index contributed by atoms with van der Waals surface area (Å²) in [6.45, 7) is 2.71. The Hall–Kier alpha value is -1.65. The van der Waals surface area contributed by atoms with Gasteiger partial charge in [-0.05, 0) is 6.42 Å². The Kier molecular flexibility index (Phi) is 6.76. The second-order valence-corrected chi connectivity index (χ2v) is 4.22. The Morgan fingerprint density at radius 3 is 2.72 bits per heavy atom. The van der Waals surface area contributed by atoms with Crippen LogP contribution in [0.15, 0.2) is 18.5 Å². The number of hydrogen-bond donors (Lipinski definition) is 0. The first-order valence-electron chi connectivity index (χ1n) is 6.47. The van der Waals surface area contributed by atoms with Crippen molar-refractivity contribution >= 4 is 5.69 Å². The number of pyridine rings is 1. The Balaban J connectivity index is 2.25. The van der Waals surface area contributed by atoms with Gasteiger partial charge in [0.2, 0.25) is 0 Å². The first-order chi connectivity index (χ1) is 8.75. The van der Waals surface area contributed by atoms with E-state index in [1.54, 1.807) is 0 Å². The van der Waals surface area contributed by atoms with Gasteiger partial charge in [-0.1, -0.05) is 39.0 Å². The van der Waals surface area contributed by atoms with Crippen LogP contribution in [-0.4, -0.2) is 16.5 Å². The fourth-order valence-corrected chi connectivity index (χ4v) is 1.70. The van der Waals surface area contributed by atoms with Gasteiger partial charge in [0, 0.05) is 12.3 Å². The highest BCUT2D eigenvalue weighted by atomic mass is 16.6. The van der Waals surface area contributed by atoms with Crippen LogP contribution in [0.4, 0.5) is 5.69 Å². The maximum atomic E-state index is 10.7. The lowest BCUT2D eigenvalue weighted by atomic mass is 10.1. The van der Waals surface area contributed by atoms with Crippen LogP contribution in [0.1, 0.15) is 45.4 Å². The van der Waals surface area contributed by atoms with Gasteiger partial charge in [0.1, 0.15) is 6.20 Å². The Morgan fingerprint density at radius 1 is 1.28 bits per heavy atom. The van der Waals surface area contributed by atoms with Crippen LogP contribution in [0.2, 0.25) is 0 Å². The predicted molar refractivity (Wildman–Crippen MR) is 69.8 cm³/mol. The Bertz CT molecular complexity index is 369. The molecule has 0 saturated carbocycles. The zero-order valence-corrected chi connectivity index (χ0v) is 10.8. The summed E-state index contributed by atoms with van der Waals surface area (Å²) in [5, 5.41) is 10.7. The summed E-state index contributed by atoms with van der Waals surface area (Å²) in [4.78, 5) is 14.0. The van der Waals surface area contributed by atoms with E-state index >= 15 is 0 Å². The molecule has 1 aromatic heterocycles. The van der Waals surface area contributed by atoms with E-state index in [0.29, 0.717) is 12.4 Å². The summed E-state index contributed by atoms with van der Waals surface area (Å²) in [6.07, 6.45) is 9.74. The molecule has 0 atom stereocenters. The molecule has 0 aromatic carbocycles. The van der Waals surface area contributed by atoms with Crippen molar-refractivity contribution in [1.29, 1.82) is 0 Å². The third kappa shape index (κ3) is 5.12. The highest BCUT2D eigenvalue weighted by Gasteiger charge is 2.13. The Morgan fingerprint density at radius 2 is 2.00 bits per heavy atom. The number of aromatic nitrogens is 1. The van der Waals surface area contributed by atoms with E-state index in [2.05, 4.69) is 11.9 Å². The van der Waals surface area contributed by atoms with Gasteiger partial charge in [-0.2, -0.15) is 0 Å². The number of ether oxygens (including phenoxy) is 1. The molecule has 0 aliphatic carbocycles. The molecule has 0 radical (unpaired) electrons. The standard InChI is InChI=1S/C13H20N2O3/c1-2-3-4-5-6-7-10-18-13-8-9-14-11-12(13)15(16)17/h8-9,11H,2-7,10H2,1H3. The molecule has 0 N–H and O–H groups in total. The van der Waals surface area contributed by atoms with Crippen LogP contribution >= 0.6 is 0 Å². The lowest BCUT2D eigenvalue weighted by Gasteiger charge is -2.05. The van der Waals surface area contributed by atoms with Crippen molar-refractivity contribution in [2.75, 3.05) is 6.61 Å². The minimum absolute atomic E-state index is 0.0662. The van der Waals surface area contributed by atoms with Gasteiger partial charge in [0.05, 0.1) is 11.5 Å². The fourth-order valence-electron chi connectivity index (χ4n) is 1.70. The molecule has 1 heterocycles. The summed E-state index contributed by atoms with van der Waals surface area (Å²) in [5.74, 6) is 0.309. The van der Waals surface area contributed by atoms with E-state index in [-0.39, 0.29) is 5.69 Å². The highest BCUT2D eigenvalue weighted by molar-refractivity contribution is 5.42. The van der Waals surface area contributed by atoms with Crippen molar-refractivity contribution in [2.24, 2.45) is 0 Å². The Labute approximate surface area is 107 Å². The van der Waals surface area contributed by atoms with Crippen molar-refractivity contribution in [3.05, 3.63) is 28.6 Å². The van der Waals surface area contributed by atoms with E-state index in [1.165, 1.54) is 44.1 Å². The van der Waals surface area contributed by atoms with Crippen molar-refractivity contribution in [3.63, 3.8) is 0 Å². The maximum Gasteiger partial charge on any atom is 0.329 e. The molecular formula is C13H20N2O3. The molecule has 5 nitrogen and oxygen atoms in total. The SMILES string of the molecule is CCCCCCCCOc1ccncc1[N+](=O)[O-]. The number of unbranched alkanes of at least 4 members (excludes halogenated alkanes) is 5. The van der Waals surface area contributed by atoms with Crippen LogP contribution < -0.4 is 4.74 Å². The molecule has 1 aromatic rings. The summed E-state index contributed by atoms with van der Waals surface area (Å²) in [5.41, 5.74) is -0.0662. The number of rotatable bonds is 9. The zero-order chi connectivity index (χ0) is 13.2. The summed E-state index contributed by atoms with van der Waals surface area (Å²) >= 11 is 0. The molecule has 0 fully saturated rings. The van der Waals surface area contributed by atoms with Gasteiger partial charge in [-0.25, -0.2) is 0 Å². The predicted octanol–water partition coefficient (Wildman–Crippen LogP) is 3.73. The molecule has 100 valence electrons. The maximum absolute atomic E-state index is 10.7. The molecule has 5 heteroatoms. The van der Waals surface area contributed by atoms with Crippen LogP contribution in [0.5, 0.6) is 5.75 Å². The average Bonchev–Trinajstić information content (AvgIpc) is 2.38. The molecule has 0 aliphatic rings. The monoisotopic (exact) mass is 252 g/mol. The minimum Gasteiger partial charge on any atom is -0.487 e. The lowest BCUT2D eigenvalue weighted by Crippen LogP contribution is -2.01. The first kappa shape index (κ1) is 14.4. The highest BCUT2D eigenvalue weighted by Crippen LogP contribution is 2.24. The third-order valence-corrected chi connectivity index (χ3v) is 2.71. The summed E-state index contributed by atoms with van der Waals surface area (Å²) in [6, 6.07) is 1.54. The largest absolute Gasteiger partial charge is 0.487 e. The van der Waals surface area contributed by atoms with Crippen molar-refractivity contribution < 1.29 is 9.66 Å². The molecule has 0 bridgehead atoms. The van der Waals surface area contributed by atoms with Crippen LogP contribution in [0.25, 0.3) is 0 Å². The number of nitrogens with zero attached hydrogens (tertiary/aromatic N) is 2. The second-order valence-electron chi connectivity index (χ2n) is 4.22. The topological polar surface area (TPSA) is 65.3 Å². The van der Waals surface area contributed by atoms with Gasteiger partial charge in [0.15, 0.2) is 5.75 Å². The van der Waals surface area contributed by atoms with Crippen LogP contribution in [0, 0.1) is 10.1 Å². The normalized spacial score (nSPS) is 10.3. The van der Waals surface area contributed by atoms with Gasteiger partial charge in [-0.15, -0.1) is 0 Å². The molecular weight excluding hydrogens is 232 g/mol. The molecule has 0 spiro atoms. The van der Waals surface area contributed by atoms with E-state index in [1.807, 2.05) is 0 Å². The quantitative estimate of drug-likeness (QED) is 0.381. The molecule has 0 aliphatic heterocycles. The van der Waals surface area contributed by atoms with Crippen LogP contribution in [-0.2, 0) is 0 Å². The third-order valence-electron chi connectivity index (χ3n) is 2.71. The van der Waals surface area contributed by atoms with Crippen molar-refractivity contribution in [2.45, 2.75) is 45.4 Å². The average molecular weight is 252 g/mol. The summed E-state index contributed by atoms with van der Waals surface area (Å²) in [7, 11) is 0. The smallest absolute Gasteiger partial charge is 0.329 e. The minimum atomic E-state index is -0.469. The number of nitro groups is 1. The number of hydrogen-bond acceptors (Lipinski definition) is 4. The molecule has 18 heavy (non-hydrogen) atoms. The first-order valence-corrected chi connectivity index (χ1v) is 6.47. The van der Waals surface area contributed by atoms with Gasteiger partial charge < -0.3 is 4.74 Å². The zero-order valence-electron chi connectivity index (χ0n) is 10.8. The van der Waals surface area contributed by atoms with E-state index < -0.39 is 4.92 Å². The summed E-state index contributed by atoms with van der Waals surface area (Å²) < 4.78 is 5.42. The van der Waals surface area contributed by atoms with Gasteiger partial charge in [-0.3, -0.25) is 15.1 Å². The lowest BCUT2D eigenvalue weighted by molar-refractivity contribution is -0.386. The van der Waals surface area contributed by atoms with Gasteiger partial charge in [0.25, 0.3) is 0 Å². The molecule has 0 amide bonds. The molecule has 0 unspecified atom stereocenters. The van der Waals surface area contributed by atoms with Crippen molar-refractivity contribution in [3.8, 4) is 5.75 Å². The van der Waals surface area contributed by atoms with Crippen molar-refractivity contribution in [1.82, 2.24) is 4.98 Å². The van der Waals surface area contributed by atoms with E-state index in [4.69, 9.17) is 4.74 Å². The molecule has 1 rings (SSSR count). The fraction of sp³-hybridized carbons (Fsp3) is 0.615. The molecule has 0 saturated heterocycles. The van der Waals surface area contributed by atoms with E-state index in [9.17, 15) is 10.1 Å².